The summed E-state index contributed by atoms with van der Waals surface area (Å²) in [5, 5.41) is 4.86. The van der Waals surface area contributed by atoms with Gasteiger partial charge in [0.25, 0.3) is 0 Å². The van der Waals surface area contributed by atoms with E-state index in [0.29, 0.717) is 0 Å². The van der Waals surface area contributed by atoms with Gasteiger partial charge in [0.2, 0.25) is 0 Å². The Morgan fingerprint density at radius 2 is 1.00 bits per heavy atom. The lowest BCUT2D eigenvalue weighted by Crippen LogP contribution is -2.39. The minimum Gasteiger partial charge on any atom is -0.497 e. The molecule has 2 aromatic carbocycles. The smallest absolute Gasteiger partial charge is 0.138 e. The maximum Gasteiger partial charge on any atom is 0.138 e. The number of hydrogen-bond acceptors (Lipinski definition) is 3. The largest absolute Gasteiger partial charge is 0.497 e. The molecule has 3 nitrogen and oxygen atoms in total. The highest BCUT2D eigenvalue weighted by Crippen LogP contribution is 2.34. The fourth-order valence-corrected chi connectivity index (χ4v) is 7.21. The molecule has 0 bridgehead atoms. The summed E-state index contributed by atoms with van der Waals surface area (Å²) in [4.78, 5) is 0. The predicted octanol–water partition coefficient (Wildman–Crippen LogP) is 4.69. The van der Waals surface area contributed by atoms with Crippen molar-refractivity contribution >= 4 is 48.5 Å². The Bertz CT molecular complexity index is 867. The van der Waals surface area contributed by atoms with Crippen LogP contribution in [0.25, 0.3) is 21.9 Å². The second-order valence-corrected chi connectivity index (χ2v) is 18.6. The van der Waals surface area contributed by atoms with Crippen LogP contribution in [-0.4, -0.2) is 30.4 Å². The van der Waals surface area contributed by atoms with Crippen molar-refractivity contribution in [2.45, 2.75) is 39.3 Å². The number of rotatable bonds is 4. The van der Waals surface area contributed by atoms with Crippen LogP contribution in [0.15, 0.2) is 28.7 Å². The van der Waals surface area contributed by atoms with Crippen LogP contribution in [0, 0.1) is 0 Å². The number of hydrogen-bond donors (Lipinski definition) is 0. The zero-order valence-corrected chi connectivity index (χ0v) is 18.5. The average Bonchev–Trinajstić information content (AvgIpc) is 2.88. The van der Waals surface area contributed by atoms with E-state index >= 15 is 0 Å². The lowest BCUT2D eigenvalue weighted by molar-refractivity contribution is 0.417. The van der Waals surface area contributed by atoms with E-state index in [1.807, 2.05) is 0 Å². The molecule has 0 atom stereocenters. The van der Waals surface area contributed by atoms with Gasteiger partial charge in [-0.2, -0.15) is 0 Å². The van der Waals surface area contributed by atoms with Gasteiger partial charge in [-0.05, 0) is 24.3 Å². The Kier molecular flexibility index (Phi) is 4.28. The molecule has 1 aromatic heterocycles. The summed E-state index contributed by atoms with van der Waals surface area (Å²) < 4.78 is 17.9. The third kappa shape index (κ3) is 2.89. The Morgan fingerprint density at radius 1 is 0.640 bits per heavy atom. The third-order valence-corrected chi connectivity index (χ3v) is 8.62. The summed E-state index contributed by atoms with van der Waals surface area (Å²) in [5.41, 5.74) is 1.97. The summed E-state index contributed by atoms with van der Waals surface area (Å²) in [5.74, 6) is 1.87. The number of furan rings is 1. The molecular formula is C20H28O3Si2. The van der Waals surface area contributed by atoms with Crippen molar-refractivity contribution in [3.05, 3.63) is 24.3 Å². The fourth-order valence-electron chi connectivity index (χ4n) is 3.63. The minimum atomic E-state index is -1.65. The van der Waals surface area contributed by atoms with Crippen LogP contribution in [0.1, 0.15) is 0 Å². The summed E-state index contributed by atoms with van der Waals surface area (Å²) in [6, 6.07) is 8.43. The first-order valence-electron chi connectivity index (χ1n) is 8.70. The van der Waals surface area contributed by atoms with Gasteiger partial charge in [0.1, 0.15) is 22.7 Å². The Morgan fingerprint density at radius 3 is 1.28 bits per heavy atom. The van der Waals surface area contributed by atoms with Crippen molar-refractivity contribution in [1.29, 1.82) is 0 Å². The monoisotopic (exact) mass is 372 g/mol. The van der Waals surface area contributed by atoms with Crippen molar-refractivity contribution in [2.75, 3.05) is 14.2 Å². The molecule has 3 aromatic rings. The molecule has 0 unspecified atom stereocenters. The van der Waals surface area contributed by atoms with Crippen LogP contribution >= 0.6 is 0 Å². The van der Waals surface area contributed by atoms with Gasteiger partial charge < -0.3 is 13.9 Å². The Hall–Kier alpha value is -1.73. The first-order chi connectivity index (χ1) is 11.6. The Labute approximate surface area is 151 Å². The molecule has 0 radical (unpaired) electrons. The molecule has 0 aliphatic rings. The van der Waals surface area contributed by atoms with E-state index < -0.39 is 16.1 Å². The van der Waals surface area contributed by atoms with Crippen molar-refractivity contribution in [3.8, 4) is 11.5 Å². The van der Waals surface area contributed by atoms with Gasteiger partial charge in [-0.3, -0.25) is 0 Å². The normalized spacial score (nSPS) is 12.8. The molecule has 0 saturated carbocycles. The van der Waals surface area contributed by atoms with Crippen molar-refractivity contribution in [2.24, 2.45) is 0 Å². The highest BCUT2D eigenvalue weighted by Gasteiger charge is 2.30. The second-order valence-electron chi connectivity index (χ2n) is 8.64. The maximum absolute atomic E-state index is 6.56. The molecule has 0 aliphatic heterocycles. The molecular weight excluding hydrogens is 344 g/mol. The van der Waals surface area contributed by atoms with E-state index in [4.69, 9.17) is 13.9 Å². The first-order valence-corrected chi connectivity index (χ1v) is 15.7. The highest BCUT2D eigenvalue weighted by atomic mass is 28.3. The topological polar surface area (TPSA) is 31.6 Å². The predicted molar refractivity (Wildman–Crippen MR) is 113 cm³/mol. The molecule has 1 heterocycles. The average molecular weight is 373 g/mol. The van der Waals surface area contributed by atoms with E-state index in [2.05, 4.69) is 63.5 Å². The van der Waals surface area contributed by atoms with E-state index in [9.17, 15) is 0 Å². The summed E-state index contributed by atoms with van der Waals surface area (Å²) in [6.45, 7) is 14.0. The standard InChI is InChI=1S/C20H28O3Si2/c1-21-15-11-9-13-14-10-12-16(22-2)20(25(6,7)8)18(14)23-17(13)19(15)24(3,4)5/h9-12H,1-8H3. The number of ether oxygens (including phenoxy) is 2. The second kappa shape index (κ2) is 5.92. The SMILES string of the molecule is COc1ccc2c(oc3c([Si](C)(C)C)c(OC)ccc32)c1[Si](C)(C)C. The maximum atomic E-state index is 6.56. The molecule has 0 amide bonds. The molecule has 0 saturated heterocycles. The van der Waals surface area contributed by atoms with Crippen LogP contribution in [-0.2, 0) is 0 Å². The number of fused-ring (bicyclic) bond motifs is 3. The van der Waals surface area contributed by atoms with Gasteiger partial charge in [-0.15, -0.1) is 0 Å². The van der Waals surface area contributed by atoms with Crippen molar-refractivity contribution < 1.29 is 13.9 Å². The van der Waals surface area contributed by atoms with Crippen molar-refractivity contribution in [3.63, 3.8) is 0 Å². The first kappa shape index (κ1) is 18.1. The zero-order valence-electron chi connectivity index (χ0n) is 16.5. The summed E-state index contributed by atoms with van der Waals surface area (Å²) >= 11 is 0. The van der Waals surface area contributed by atoms with Crippen LogP contribution in [0.5, 0.6) is 11.5 Å². The van der Waals surface area contributed by atoms with Gasteiger partial charge in [-0.25, -0.2) is 0 Å². The lowest BCUT2D eigenvalue weighted by atomic mass is 10.1. The summed E-state index contributed by atoms with van der Waals surface area (Å²) in [7, 11) is 0.180. The zero-order chi connectivity index (χ0) is 18.6. The Balaban J connectivity index is 2.52. The number of methoxy groups -OCH3 is 2. The molecule has 134 valence electrons. The van der Waals surface area contributed by atoms with Crippen LogP contribution < -0.4 is 19.8 Å². The molecule has 0 N–H and O–H groups in total. The molecule has 0 spiro atoms. The lowest BCUT2D eigenvalue weighted by Gasteiger charge is -2.20. The quantitative estimate of drug-likeness (QED) is 0.623. The van der Waals surface area contributed by atoms with Crippen LogP contribution in [0.3, 0.4) is 0 Å². The third-order valence-electron chi connectivity index (χ3n) is 4.67. The molecule has 0 fully saturated rings. The fraction of sp³-hybridized carbons (Fsp3) is 0.400. The van der Waals surface area contributed by atoms with Gasteiger partial charge in [0.05, 0.1) is 30.4 Å². The van der Waals surface area contributed by atoms with E-state index in [0.717, 1.165) is 22.7 Å². The minimum absolute atomic E-state index is 0.937. The van der Waals surface area contributed by atoms with E-state index in [1.165, 1.54) is 21.1 Å². The number of benzene rings is 2. The van der Waals surface area contributed by atoms with E-state index in [-0.39, 0.29) is 0 Å². The molecule has 3 rings (SSSR count). The molecule has 0 aliphatic carbocycles. The highest BCUT2D eigenvalue weighted by molar-refractivity contribution is 6.92. The van der Waals surface area contributed by atoms with Gasteiger partial charge in [0.15, 0.2) is 0 Å². The van der Waals surface area contributed by atoms with E-state index in [1.54, 1.807) is 14.2 Å². The van der Waals surface area contributed by atoms with Crippen LogP contribution in [0.2, 0.25) is 39.3 Å². The molecule has 25 heavy (non-hydrogen) atoms. The van der Waals surface area contributed by atoms with Gasteiger partial charge in [0, 0.05) is 21.1 Å². The molecule has 5 heteroatoms. The van der Waals surface area contributed by atoms with Crippen molar-refractivity contribution in [1.82, 2.24) is 0 Å². The summed E-state index contributed by atoms with van der Waals surface area (Å²) in [6.07, 6.45) is 0. The van der Waals surface area contributed by atoms with Gasteiger partial charge >= 0.3 is 0 Å². The van der Waals surface area contributed by atoms with Crippen LogP contribution in [0.4, 0.5) is 0 Å². The van der Waals surface area contributed by atoms with Gasteiger partial charge in [-0.1, -0.05) is 39.3 Å².